The van der Waals surface area contributed by atoms with Gasteiger partial charge in [0.25, 0.3) is 0 Å². The minimum Gasteiger partial charge on any atom is -0.309 e. The fourth-order valence-electron chi connectivity index (χ4n) is 28.1. The summed E-state index contributed by atoms with van der Waals surface area (Å²) in [5, 5.41) is 12.1. The lowest BCUT2D eigenvalue weighted by atomic mass is 9.48. The Balaban J connectivity index is 0.000000113. The maximum Gasteiger partial charge on any atom is 0.228 e. The van der Waals surface area contributed by atoms with Crippen molar-refractivity contribution < 1.29 is 36.7 Å². The molecular formula is C104H126F4N12O4. The summed E-state index contributed by atoms with van der Waals surface area (Å²) in [6.07, 6.45) is 50.4. The first-order valence-corrected chi connectivity index (χ1v) is 47.5. The zero-order chi connectivity index (χ0) is 85.6. The third kappa shape index (κ3) is 20.1. The number of carbonyl (C=O) groups is 4. The predicted octanol–water partition coefficient (Wildman–Crippen LogP) is 24.0. The zero-order valence-electron chi connectivity index (χ0n) is 73.4. The number of halogens is 4. The van der Waals surface area contributed by atoms with Crippen LogP contribution in [-0.2, 0) is 44.9 Å². The lowest BCUT2D eigenvalue weighted by Crippen LogP contribution is -2.47. The van der Waals surface area contributed by atoms with Gasteiger partial charge < -0.3 is 21.3 Å². The van der Waals surface area contributed by atoms with Gasteiger partial charge >= 0.3 is 0 Å². The Hall–Kier alpha value is -9.20. The van der Waals surface area contributed by atoms with Crippen LogP contribution in [0.4, 0.5) is 40.8 Å². The van der Waals surface area contributed by atoms with Crippen molar-refractivity contribution in [1.29, 1.82) is 0 Å². The average Bonchev–Trinajstić information content (AvgIpc) is 0.757. The Bertz CT molecular complexity index is 5030. The lowest BCUT2D eigenvalue weighted by molar-refractivity contribution is -0.119. The molecule has 16 nitrogen and oxygen atoms in total. The molecule has 17 aliphatic carbocycles. The number of aromatic nitrogens is 8. The Morgan fingerprint density at radius 3 is 0.855 bits per heavy atom. The van der Waals surface area contributed by atoms with Crippen molar-refractivity contribution >= 4 is 46.9 Å². The molecule has 4 amide bonds. The van der Waals surface area contributed by atoms with Crippen molar-refractivity contribution in [1.82, 2.24) is 39.9 Å². The summed E-state index contributed by atoms with van der Waals surface area (Å²) in [4.78, 5) is 88.3. The summed E-state index contributed by atoms with van der Waals surface area (Å²) < 4.78 is 53.6. The molecule has 16 bridgehead atoms. The molecule has 4 aromatic heterocycles. The molecule has 654 valence electrons. The van der Waals surface area contributed by atoms with E-state index in [1.54, 1.807) is 73.3 Å². The summed E-state index contributed by atoms with van der Waals surface area (Å²) in [5.74, 6) is 12.4. The van der Waals surface area contributed by atoms with Gasteiger partial charge in [-0.25, -0.2) is 57.4 Å². The van der Waals surface area contributed by atoms with Gasteiger partial charge in [0.2, 0.25) is 23.6 Å². The topological polar surface area (TPSA) is 220 Å². The first kappa shape index (κ1) is 85.6. The van der Waals surface area contributed by atoms with E-state index in [-0.39, 0.29) is 58.7 Å². The van der Waals surface area contributed by atoms with E-state index in [0.29, 0.717) is 63.7 Å². The number of anilines is 4. The predicted molar refractivity (Wildman–Crippen MR) is 477 cm³/mol. The minimum atomic E-state index is -0.264. The maximum absolute atomic E-state index is 13.5. The molecule has 4 N–H and O–H groups in total. The SMILES string of the molecule is CC(=O)Nc1ncc(-c2ccc(F)cc2)nc1CC12CC3CC(CC(C3)C1)C2.CC(C)CC(=O)Nc1ncc(-c2ccc(F)cc2)nc1CC12CC3CC(CC(C3)C1)C2.CCC(C)C(=O)Nc1ncc(-c2ccc(F)cc2)nc1CC12CC3CC(CC(C3)C1)C2.O=C(CC1CCCCC1)Nc1ncc(-c2ccc(F)cc2)nc1CC12CC3CC(CC(C3)C1)C2. The number of nitrogens with zero attached hydrogens (tertiary/aromatic N) is 8. The van der Waals surface area contributed by atoms with Crippen LogP contribution in [0.3, 0.4) is 0 Å². The van der Waals surface area contributed by atoms with Crippen LogP contribution in [0, 0.1) is 134 Å². The molecule has 0 spiro atoms. The van der Waals surface area contributed by atoms with Crippen molar-refractivity contribution in [3.63, 3.8) is 0 Å². The number of amides is 4. The molecule has 0 saturated heterocycles. The van der Waals surface area contributed by atoms with E-state index >= 15 is 0 Å². The number of hydrogen-bond acceptors (Lipinski definition) is 12. The minimum absolute atomic E-state index is 0.00176. The van der Waals surface area contributed by atoms with E-state index in [2.05, 4.69) is 36.2 Å². The number of hydrogen-bond donors (Lipinski definition) is 4. The molecule has 0 radical (unpaired) electrons. The highest BCUT2D eigenvalue weighted by molar-refractivity contribution is 5.93. The lowest BCUT2D eigenvalue weighted by Gasteiger charge is -2.57. The Labute approximate surface area is 729 Å². The molecule has 4 heterocycles. The van der Waals surface area contributed by atoms with Gasteiger partial charge in [-0.1, -0.05) is 47.0 Å². The largest absolute Gasteiger partial charge is 0.309 e. The molecule has 124 heavy (non-hydrogen) atoms. The second-order valence-electron chi connectivity index (χ2n) is 42.5. The van der Waals surface area contributed by atoms with Crippen molar-refractivity contribution in [2.75, 3.05) is 21.3 Å². The third-order valence-corrected chi connectivity index (χ3v) is 31.7. The molecule has 4 aromatic carbocycles. The van der Waals surface area contributed by atoms with Gasteiger partial charge in [0, 0.05) is 47.9 Å². The van der Waals surface area contributed by atoms with Gasteiger partial charge in [-0.15, -0.1) is 0 Å². The number of rotatable bonds is 22. The van der Waals surface area contributed by atoms with Crippen molar-refractivity contribution in [2.24, 2.45) is 110 Å². The van der Waals surface area contributed by atoms with Crippen molar-refractivity contribution in [3.8, 4) is 45.0 Å². The monoisotopic (exact) mass is 1680 g/mol. The van der Waals surface area contributed by atoms with Gasteiger partial charge in [0.15, 0.2) is 23.3 Å². The summed E-state index contributed by atoms with van der Waals surface area (Å²) in [5.41, 5.74) is 11.1. The number of nitrogens with one attached hydrogen (secondary N) is 4. The first-order valence-electron chi connectivity index (χ1n) is 47.5. The van der Waals surface area contributed by atoms with Crippen molar-refractivity contribution in [3.05, 3.63) is 168 Å². The van der Waals surface area contributed by atoms with Crippen LogP contribution in [-0.4, -0.2) is 63.5 Å². The first-order chi connectivity index (χ1) is 59.8. The molecule has 0 aliphatic heterocycles. The second-order valence-corrected chi connectivity index (χ2v) is 42.5. The fraction of sp³-hybridized carbons (Fsp3) is 0.577. The molecule has 17 fully saturated rings. The molecule has 8 aromatic rings. The number of carbonyl (C=O) groups excluding carboxylic acids is 4. The van der Waals surface area contributed by atoms with Gasteiger partial charge in [-0.05, 0) is 401 Å². The average molecular weight is 1680 g/mol. The van der Waals surface area contributed by atoms with Crippen molar-refractivity contribution in [2.45, 2.75) is 266 Å². The summed E-state index contributed by atoms with van der Waals surface area (Å²) in [6.45, 7) is 9.54. The van der Waals surface area contributed by atoms with Crippen LogP contribution in [0.1, 0.15) is 263 Å². The molecule has 1 unspecified atom stereocenters. The number of benzene rings is 4. The standard InChI is InChI=1S/C29H36FN3O.2C26H32FN3O.C23H26FN3O/c30-24-8-6-23(7-9-24)26-18-31-28(33-27(34)13-19-4-2-1-3-5-19)25(32-26)17-29-14-20-10-21(15-29)12-22(11-20)16-29;1-16(2)7-24(31)30-25-22(29-23(15-28-25)20-3-5-21(27)6-4-20)14-26-11-17-8-18(12-26)10-19(9-17)13-26;1-3-16(2)25(31)30-24-22(29-23(15-28-24)20-4-6-21(27)7-5-20)14-26-11-17-8-18(12-26)10-19(9-17)13-26;1-14(28)26-22-20(27-21(13-25-22)18-2-4-19(24)5-3-18)12-23-9-15-6-16(10-23)8-17(7-15)11-23/h6-9,18-22H,1-5,10-17H2,(H,31,33,34);3-6,15-19H,7-14H2,1-2H3,(H,28,30,31);4-7,15-19H,3,8-14H2,1-2H3,(H,28,30,31);2-5,13,15-17H,6-12H2,1H3,(H,25,26,28). The van der Waals surface area contributed by atoms with Crippen LogP contribution in [0.15, 0.2) is 122 Å². The van der Waals surface area contributed by atoms with Crippen LogP contribution < -0.4 is 21.3 Å². The highest BCUT2D eigenvalue weighted by Gasteiger charge is 2.55. The molecular weight excluding hydrogens is 1560 g/mol. The van der Waals surface area contributed by atoms with Gasteiger partial charge in [0.1, 0.15) is 23.3 Å². The molecule has 1 atom stereocenters. The van der Waals surface area contributed by atoms with E-state index in [9.17, 15) is 36.7 Å². The van der Waals surface area contributed by atoms with E-state index in [1.807, 2.05) is 27.7 Å². The van der Waals surface area contributed by atoms with Gasteiger partial charge in [-0.3, -0.25) is 19.2 Å². The summed E-state index contributed by atoms with van der Waals surface area (Å²) >= 11 is 0. The van der Waals surface area contributed by atoms with Gasteiger partial charge in [-0.2, -0.15) is 0 Å². The fourth-order valence-corrected chi connectivity index (χ4v) is 28.1. The highest BCUT2D eigenvalue weighted by Crippen LogP contribution is 2.65. The van der Waals surface area contributed by atoms with E-state index in [4.69, 9.17) is 24.9 Å². The normalized spacial score (nSPS) is 29.9. The van der Waals surface area contributed by atoms with E-state index in [0.717, 1.165) is 184 Å². The Kier molecular flexibility index (Phi) is 25.0. The van der Waals surface area contributed by atoms with Crippen LogP contribution >= 0.6 is 0 Å². The van der Waals surface area contributed by atoms with Crippen LogP contribution in [0.2, 0.25) is 0 Å². The van der Waals surface area contributed by atoms with E-state index < -0.39 is 0 Å². The van der Waals surface area contributed by atoms with E-state index in [1.165, 1.54) is 229 Å². The molecule has 17 aliphatic rings. The smallest absolute Gasteiger partial charge is 0.228 e. The Morgan fingerprint density at radius 2 is 0.605 bits per heavy atom. The summed E-state index contributed by atoms with van der Waals surface area (Å²) in [6, 6.07) is 25.6. The zero-order valence-corrected chi connectivity index (χ0v) is 73.4. The summed E-state index contributed by atoms with van der Waals surface area (Å²) in [7, 11) is 0. The second kappa shape index (κ2) is 36.3. The molecule has 20 heteroatoms. The quantitative estimate of drug-likeness (QED) is 0.0466. The van der Waals surface area contributed by atoms with Crippen LogP contribution in [0.25, 0.3) is 45.0 Å². The highest BCUT2D eigenvalue weighted by atomic mass is 19.1. The third-order valence-electron chi connectivity index (χ3n) is 31.7. The van der Waals surface area contributed by atoms with Crippen LogP contribution in [0.5, 0.6) is 0 Å². The van der Waals surface area contributed by atoms with Gasteiger partial charge in [0.05, 0.1) is 70.3 Å². The Morgan fingerprint density at radius 1 is 0.355 bits per heavy atom. The maximum atomic E-state index is 13.5. The molecule has 17 saturated carbocycles. The molecule has 25 rings (SSSR count).